The van der Waals surface area contributed by atoms with Crippen molar-refractivity contribution in [3.05, 3.63) is 66.7 Å². The number of rotatable bonds is 6. The van der Waals surface area contributed by atoms with Crippen LogP contribution >= 0.6 is 0 Å². The highest BCUT2D eigenvalue weighted by Crippen LogP contribution is 2.33. The molecule has 0 saturated heterocycles. The summed E-state index contributed by atoms with van der Waals surface area (Å²) in [4.78, 5) is -0.443. The number of ether oxygens (including phenoxy) is 1. The number of phenolic OH excluding ortho intramolecular Hbond substituents is 1. The van der Waals surface area contributed by atoms with Gasteiger partial charge in [-0.3, -0.25) is 0 Å². The number of phenols is 1. The number of benzene rings is 3. The van der Waals surface area contributed by atoms with E-state index in [1.165, 1.54) is 31.4 Å². The smallest absolute Gasteiger partial charge is 0.332 e. The maximum atomic E-state index is 12.9. The van der Waals surface area contributed by atoms with Gasteiger partial charge in [0.2, 0.25) is 0 Å². The molecule has 0 radical (unpaired) electrons. The lowest BCUT2D eigenvalue weighted by molar-refractivity contribution is 0.416. The molecule has 0 saturated carbocycles. The molecule has 29 heavy (non-hydrogen) atoms. The molecule has 0 atom stereocenters. The Morgan fingerprint density at radius 3 is 1.90 bits per heavy atom. The predicted molar refractivity (Wildman–Crippen MR) is 104 cm³/mol. The maximum Gasteiger partial charge on any atom is 0.332 e. The minimum atomic E-state index is -4.75. The highest BCUT2D eigenvalue weighted by molar-refractivity contribution is 7.86. The monoisotopic (exact) mass is 414 g/mol. The molecule has 148 valence electrons. The summed E-state index contributed by atoms with van der Waals surface area (Å²) in [5.41, 5.74) is 1.85. The minimum Gasteiger partial charge on any atom is -0.508 e. The van der Waals surface area contributed by atoms with Crippen molar-refractivity contribution in [2.45, 2.75) is 4.90 Å². The number of methoxy groups -OCH3 is 1. The largest absolute Gasteiger partial charge is 0.508 e. The molecule has 0 unspecified atom stereocenters. The fourth-order valence-corrected chi connectivity index (χ4v) is 2.69. The van der Waals surface area contributed by atoms with Crippen molar-refractivity contribution in [1.82, 2.24) is 0 Å². The van der Waals surface area contributed by atoms with Crippen molar-refractivity contribution >= 4 is 33.0 Å². The van der Waals surface area contributed by atoms with Gasteiger partial charge >= 0.3 is 10.2 Å². The van der Waals surface area contributed by atoms with Gasteiger partial charge < -0.3 is 9.84 Å². The van der Waals surface area contributed by atoms with Gasteiger partial charge in [-0.2, -0.15) is 23.8 Å². The van der Waals surface area contributed by atoms with Crippen LogP contribution in [0.4, 0.5) is 26.6 Å². The normalized spacial score (nSPS) is 11.9. The van der Waals surface area contributed by atoms with E-state index < -0.39 is 15.1 Å². The third-order valence-corrected chi connectivity index (χ3v) is 4.52. The third kappa shape index (κ3) is 5.42. The summed E-state index contributed by atoms with van der Waals surface area (Å²) >= 11 is 0. The quantitative estimate of drug-likeness (QED) is 0.400. The zero-order valence-corrected chi connectivity index (χ0v) is 15.9. The molecule has 3 aromatic carbocycles. The third-order valence-electron chi connectivity index (χ3n) is 3.69. The van der Waals surface area contributed by atoms with Crippen LogP contribution in [-0.2, 0) is 10.2 Å². The predicted octanol–water partition coefficient (Wildman–Crippen LogP) is 5.89. The van der Waals surface area contributed by atoms with E-state index in [2.05, 4.69) is 20.5 Å². The van der Waals surface area contributed by atoms with Gasteiger partial charge in [0.25, 0.3) is 0 Å². The van der Waals surface area contributed by atoms with Crippen molar-refractivity contribution in [3.8, 4) is 11.5 Å². The van der Waals surface area contributed by atoms with Crippen LogP contribution in [0, 0.1) is 0 Å². The minimum absolute atomic E-state index is 0.136. The SMILES string of the molecule is COc1cc(/N=N/c2ccc(S(=O)(=O)F)cc2)ccc1/N=N/c1ccc(O)cc1. The lowest BCUT2D eigenvalue weighted by Gasteiger charge is -2.04. The van der Waals surface area contributed by atoms with E-state index in [1.54, 1.807) is 30.3 Å². The second-order valence-corrected chi connectivity index (χ2v) is 7.05. The fraction of sp³-hybridized carbons (Fsp3) is 0.0526. The summed E-state index contributed by atoms with van der Waals surface area (Å²) in [6, 6.07) is 16.0. The van der Waals surface area contributed by atoms with Gasteiger partial charge in [-0.05, 0) is 60.7 Å². The Morgan fingerprint density at radius 1 is 0.793 bits per heavy atom. The Bertz CT molecular complexity index is 1160. The number of aromatic hydroxyl groups is 1. The van der Waals surface area contributed by atoms with E-state index in [0.29, 0.717) is 28.5 Å². The fourth-order valence-electron chi connectivity index (χ4n) is 2.23. The van der Waals surface area contributed by atoms with E-state index in [4.69, 9.17) is 4.74 Å². The summed E-state index contributed by atoms with van der Waals surface area (Å²) in [5.74, 6) is 0.556. The molecular weight excluding hydrogens is 399 g/mol. The molecular formula is C19H15FN4O4S. The van der Waals surface area contributed by atoms with Gasteiger partial charge in [-0.25, -0.2) is 0 Å². The molecule has 3 rings (SSSR count). The average Bonchev–Trinajstić information content (AvgIpc) is 2.71. The molecule has 0 amide bonds. The Balaban J connectivity index is 1.77. The van der Waals surface area contributed by atoms with Crippen LogP contribution in [0.15, 0.2) is 92.1 Å². The summed E-state index contributed by atoms with van der Waals surface area (Å²) < 4.78 is 39.8. The van der Waals surface area contributed by atoms with Gasteiger partial charge in [-0.15, -0.1) is 9.00 Å². The van der Waals surface area contributed by atoms with E-state index >= 15 is 0 Å². The number of halogens is 1. The first-order valence-corrected chi connectivity index (χ1v) is 9.59. The van der Waals surface area contributed by atoms with E-state index in [-0.39, 0.29) is 5.75 Å². The van der Waals surface area contributed by atoms with Crippen molar-refractivity contribution in [2.24, 2.45) is 20.5 Å². The van der Waals surface area contributed by atoms with Crippen molar-refractivity contribution in [2.75, 3.05) is 7.11 Å². The van der Waals surface area contributed by atoms with Crippen molar-refractivity contribution < 1.29 is 22.1 Å². The molecule has 8 nitrogen and oxygen atoms in total. The topological polar surface area (TPSA) is 113 Å². The van der Waals surface area contributed by atoms with Crippen LogP contribution < -0.4 is 4.74 Å². The Kier molecular flexibility index (Phi) is 5.93. The molecule has 0 aromatic heterocycles. The molecule has 0 aliphatic rings. The van der Waals surface area contributed by atoms with Crippen LogP contribution in [0.3, 0.4) is 0 Å². The van der Waals surface area contributed by atoms with Gasteiger partial charge in [0.15, 0.2) is 0 Å². The molecule has 0 fully saturated rings. The molecule has 0 bridgehead atoms. The Labute approximate surface area is 166 Å². The van der Waals surface area contributed by atoms with Crippen LogP contribution in [0.5, 0.6) is 11.5 Å². The van der Waals surface area contributed by atoms with Gasteiger partial charge in [0, 0.05) is 6.07 Å². The van der Waals surface area contributed by atoms with Gasteiger partial charge in [0.05, 0.1) is 29.1 Å². The van der Waals surface area contributed by atoms with Crippen LogP contribution in [0.2, 0.25) is 0 Å². The molecule has 0 aliphatic heterocycles. The van der Waals surface area contributed by atoms with Crippen LogP contribution in [-0.4, -0.2) is 20.6 Å². The summed E-state index contributed by atoms with van der Waals surface area (Å²) in [7, 11) is -3.27. The zero-order valence-electron chi connectivity index (χ0n) is 15.1. The summed E-state index contributed by atoms with van der Waals surface area (Å²) in [5, 5.41) is 25.5. The molecule has 0 spiro atoms. The number of azo groups is 2. The van der Waals surface area contributed by atoms with E-state index in [0.717, 1.165) is 12.1 Å². The molecule has 10 heteroatoms. The number of hydrogen-bond donors (Lipinski definition) is 1. The molecule has 3 aromatic rings. The standard InChI is InChI=1S/C19H15FN4O4S/c1-28-19-12-15(23-21-14-4-9-17(10-5-14)29(20,26)27)6-11-18(19)24-22-13-2-7-16(25)8-3-13/h2-12,25H,1H3/b23-21+,24-22+. The molecule has 0 aliphatic carbocycles. The highest BCUT2D eigenvalue weighted by atomic mass is 32.3. The van der Waals surface area contributed by atoms with Crippen molar-refractivity contribution in [1.29, 1.82) is 0 Å². The van der Waals surface area contributed by atoms with E-state index in [1.807, 2.05) is 0 Å². The second-order valence-electron chi connectivity index (χ2n) is 5.70. The van der Waals surface area contributed by atoms with Gasteiger partial charge in [0.1, 0.15) is 17.2 Å². The second kappa shape index (κ2) is 8.57. The van der Waals surface area contributed by atoms with E-state index in [9.17, 15) is 17.4 Å². The lowest BCUT2D eigenvalue weighted by Crippen LogP contribution is -1.89. The van der Waals surface area contributed by atoms with Gasteiger partial charge in [-0.1, -0.05) is 0 Å². The number of nitrogens with zero attached hydrogens (tertiary/aromatic N) is 4. The zero-order chi connectivity index (χ0) is 20.9. The first-order valence-electron chi connectivity index (χ1n) is 8.20. The van der Waals surface area contributed by atoms with Crippen molar-refractivity contribution in [3.63, 3.8) is 0 Å². The molecule has 1 N–H and O–H groups in total. The lowest BCUT2D eigenvalue weighted by atomic mass is 10.2. The number of hydrogen-bond acceptors (Lipinski definition) is 8. The summed E-state index contributed by atoms with van der Waals surface area (Å²) in [6.07, 6.45) is 0. The first kappa shape index (κ1) is 20.1. The highest BCUT2D eigenvalue weighted by Gasteiger charge is 2.10. The Morgan fingerprint density at radius 2 is 1.31 bits per heavy atom. The van der Waals surface area contributed by atoms with Crippen LogP contribution in [0.25, 0.3) is 0 Å². The maximum absolute atomic E-state index is 12.9. The van der Waals surface area contributed by atoms with Crippen LogP contribution in [0.1, 0.15) is 0 Å². The summed E-state index contributed by atoms with van der Waals surface area (Å²) in [6.45, 7) is 0. The average molecular weight is 414 g/mol. The molecule has 0 heterocycles. The Hall–Kier alpha value is -3.66. The first-order chi connectivity index (χ1) is 13.8.